The molecule has 0 radical (unpaired) electrons. The molecule has 8 nitrogen and oxygen atoms in total. The van der Waals surface area contributed by atoms with Gasteiger partial charge in [-0.15, -0.1) is 24.0 Å². The minimum atomic E-state index is -0.395. The van der Waals surface area contributed by atoms with Crippen molar-refractivity contribution in [2.45, 2.75) is 19.0 Å². The van der Waals surface area contributed by atoms with Crippen LogP contribution < -0.4 is 20.3 Å². The largest absolute Gasteiger partial charge is 0.495 e. The number of benzene rings is 2. The van der Waals surface area contributed by atoms with Gasteiger partial charge in [0.05, 0.1) is 17.7 Å². The maximum Gasteiger partial charge on any atom is 0.269 e. The number of aliphatic imine (C=N–C) groups is 1. The number of nitro benzene ring substituents is 1. The highest BCUT2D eigenvalue weighted by Gasteiger charge is 2.25. The lowest BCUT2D eigenvalue weighted by Gasteiger charge is -2.22. The van der Waals surface area contributed by atoms with Gasteiger partial charge in [-0.05, 0) is 30.2 Å². The summed E-state index contributed by atoms with van der Waals surface area (Å²) in [6.07, 6.45) is 0.938. The first kappa shape index (κ1) is 24.0. The van der Waals surface area contributed by atoms with E-state index in [2.05, 4.69) is 20.5 Å². The maximum atomic E-state index is 10.9. The number of hydrogen-bond donors (Lipinski definition) is 2. The van der Waals surface area contributed by atoms with Crippen LogP contribution in [0.4, 0.5) is 11.4 Å². The molecule has 162 valence electrons. The third-order valence-electron chi connectivity index (χ3n) is 4.82. The fraction of sp³-hybridized carbons (Fsp3) is 0.350. The molecule has 3 rings (SSSR count). The molecule has 1 unspecified atom stereocenters. The van der Waals surface area contributed by atoms with Crippen LogP contribution in [-0.4, -0.2) is 44.2 Å². The average Bonchev–Trinajstić information content (AvgIpc) is 3.19. The third-order valence-corrected chi connectivity index (χ3v) is 5.05. The van der Waals surface area contributed by atoms with E-state index in [1.54, 1.807) is 26.3 Å². The summed E-state index contributed by atoms with van der Waals surface area (Å²) in [5.74, 6) is 1.45. The van der Waals surface area contributed by atoms with Crippen LogP contribution in [0.2, 0.25) is 5.02 Å². The molecule has 0 aliphatic carbocycles. The Hall–Kier alpha value is -2.27. The summed E-state index contributed by atoms with van der Waals surface area (Å²) >= 11 is 6.16. The van der Waals surface area contributed by atoms with Crippen molar-refractivity contribution < 1.29 is 9.66 Å². The topological polar surface area (TPSA) is 92.0 Å². The van der Waals surface area contributed by atoms with Gasteiger partial charge in [0, 0.05) is 49.9 Å². The summed E-state index contributed by atoms with van der Waals surface area (Å²) in [7, 11) is 3.35. The second kappa shape index (κ2) is 11.2. The number of nitrogens with one attached hydrogen (secondary N) is 2. The first-order chi connectivity index (χ1) is 14.0. The van der Waals surface area contributed by atoms with E-state index in [1.165, 1.54) is 6.07 Å². The molecule has 1 heterocycles. The third kappa shape index (κ3) is 6.11. The van der Waals surface area contributed by atoms with Crippen molar-refractivity contribution in [1.29, 1.82) is 0 Å². The maximum absolute atomic E-state index is 10.9. The van der Waals surface area contributed by atoms with Gasteiger partial charge in [0.15, 0.2) is 5.96 Å². The Morgan fingerprint density at radius 3 is 2.87 bits per heavy atom. The van der Waals surface area contributed by atoms with Crippen LogP contribution in [0.3, 0.4) is 0 Å². The summed E-state index contributed by atoms with van der Waals surface area (Å²) in [4.78, 5) is 17.0. The van der Waals surface area contributed by atoms with Crippen molar-refractivity contribution in [2.75, 3.05) is 32.1 Å². The van der Waals surface area contributed by atoms with Gasteiger partial charge in [0.25, 0.3) is 5.69 Å². The monoisotopic (exact) mass is 545 g/mol. The van der Waals surface area contributed by atoms with Gasteiger partial charge in [-0.3, -0.25) is 15.1 Å². The van der Waals surface area contributed by atoms with Crippen molar-refractivity contribution in [2.24, 2.45) is 4.99 Å². The van der Waals surface area contributed by atoms with Gasteiger partial charge in [-0.1, -0.05) is 23.7 Å². The fourth-order valence-electron chi connectivity index (χ4n) is 3.36. The smallest absolute Gasteiger partial charge is 0.269 e. The number of nitrogens with zero attached hydrogens (tertiary/aromatic N) is 3. The number of guanidine groups is 1. The van der Waals surface area contributed by atoms with Crippen LogP contribution in [0.25, 0.3) is 0 Å². The number of methoxy groups -OCH3 is 1. The van der Waals surface area contributed by atoms with Crippen molar-refractivity contribution in [3.63, 3.8) is 0 Å². The summed E-state index contributed by atoms with van der Waals surface area (Å²) in [5, 5.41) is 18.2. The molecule has 0 amide bonds. The van der Waals surface area contributed by atoms with Crippen LogP contribution in [-0.2, 0) is 6.54 Å². The molecular weight excluding hydrogens is 521 g/mol. The van der Waals surface area contributed by atoms with Crippen LogP contribution in [0.15, 0.2) is 47.5 Å². The lowest BCUT2D eigenvalue weighted by Crippen LogP contribution is -2.44. The first-order valence-corrected chi connectivity index (χ1v) is 9.67. The Kier molecular flexibility index (Phi) is 8.97. The Balaban J connectivity index is 0.00000320. The minimum absolute atomic E-state index is 0. The normalized spacial score (nSPS) is 16.0. The van der Waals surface area contributed by atoms with E-state index < -0.39 is 4.92 Å². The minimum Gasteiger partial charge on any atom is -0.495 e. The first-order valence-electron chi connectivity index (χ1n) is 9.29. The van der Waals surface area contributed by atoms with Crippen molar-refractivity contribution >= 4 is 52.9 Å². The summed E-state index contributed by atoms with van der Waals surface area (Å²) in [5.41, 5.74) is 1.87. The van der Waals surface area contributed by atoms with Crippen molar-refractivity contribution in [3.8, 4) is 5.75 Å². The van der Waals surface area contributed by atoms with E-state index in [1.807, 2.05) is 24.3 Å². The van der Waals surface area contributed by atoms with Gasteiger partial charge in [0.2, 0.25) is 0 Å². The lowest BCUT2D eigenvalue weighted by molar-refractivity contribution is -0.384. The molecule has 30 heavy (non-hydrogen) atoms. The number of hydrogen-bond acceptors (Lipinski definition) is 5. The zero-order valence-electron chi connectivity index (χ0n) is 16.8. The molecule has 1 aliphatic rings. The predicted molar refractivity (Wildman–Crippen MR) is 130 cm³/mol. The molecule has 2 aromatic carbocycles. The molecule has 0 bridgehead atoms. The summed E-state index contributed by atoms with van der Waals surface area (Å²) in [6.45, 7) is 2.10. The predicted octanol–water partition coefficient (Wildman–Crippen LogP) is 3.82. The zero-order chi connectivity index (χ0) is 20.8. The van der Waals surface area contributed by atoms with E-state index in [0.717, 1.165) is 36.5 Å². The van der Waals surface area contributed by atoms with Gasteiger partial charge < -0.3 is 20.3 Å². The molecule has 1 saturated heterocycles. The fourth-order valence-corrected chi connectivity index (χ4v) is 3.53. The molecule has 2 aromatic rings. The standard InChI is InChI=1S/C20H24ClN5O3.HI/c1-22-20(23-12-14-4-3-5-17(10-14)26(27)28)24-16-8-9-25(13-16)18-11-15(21)6-7-19(18)29-2;/h3-7,10-11,16H,8-9,12-13H2,1-2H3,(H2,22,23,24);1H. The molecule has 2 N–H and O–H groups in total. The lowest BCUT2D eigenvalue weighted by atomic mass is 10.2. The molecule has 0 aromatic heterocycles. The van der Waals surface area contributed by atoms with Gasteiger partial charge in [-0.25, -0.2) is 0 Å². The van der Waals surface area contributed by atoms with Crippen molar-refractivity contribution in [3.05, 3.63) is 63.2 Å². The van der Waals surface area contributed by atoms with Crippen LogP contribution in [0, 0.1) is 10.1 Å². The van der Waals surface area contributed by atoms with Crippen LogP contribution in [0.5, 0.6) is 5.75 Å². The number of ether oxygens (including phenoxy) is 1. The van der Waals surface area contributed by atoms with E-state index in [-0.39, 0.29) is 35.7 Å². The highest BCUT2D eigenvalue weighted by atomic mass is 127. The Labute approximate surface area is 197 Å². The van der Waals surface area contributed by atoms with Crippen molar-refractivity contribution in [1.82, 2.24) is 10.6 Å². The molecule has 1 atom stereocenters. The molecule has 0 saturated carbocycles. The second-order valence-corrected chi connectivity index (χ2v) is 7.18. The Morgan fingerprint density at radius 1 is 1.37 bits per heavy atom. The number of halogens is 2. The van der Waals surface area contributed by atoms with E-state index in [9.17, 15) is 10.1 Å². The van der Waals surface area contributed by atoms with Crippen LogP contribution >= 0.6 is 35.6 Å². The summed E-state index contributed by atoms with van der Waals surface area (Å²) in [6, 6.07) is 12.4. The highest BCUT2D eigenvalue weighted by Crippen LogP contribution is 2.33. The molecule has 1 fully saturated rings. The number of non-ortho nitro benzene ring substituents is 1. The molecule has 1 aliphatic heterocycles. The molecule has 10 heteroatoms. The SMILES string of the molecule is CN=C(NCc1cccc([N+](=O)[O-])c1)NC1CCN(c2cc(Cl)ccc2OC)C1.I. The number of nitro groups is 1. The van der Waals surface area contributed by atoms with Gasteiger partial charge >= 0.3 is 0 Å². The number of anilines is 1. The zero-order valence-corrected chi connectivity index (χ0v) is 19.9. The highest BCUT2D eigenvalue weighted by molar-refractivity contribution is 14.0. The second-order valence-electron chi connectivity index (χ2n) is 6.74. The van der Waals surface area contributed by atoms with E-state index >= 15 is 0 Å². The summed E-state index contributed by atoms with van der Waals surface area (Å²) < 4.78 is 5.46. The average molecular weight is 546 g/mol. The molecule has 0 spiro atoms. The molecular formula is C20H25ClIN5O3. The van der Waals surface area contributed by atoms with Crippen LogP contribution in [0.1, 0.15) is 12.0 Å². The Bertz CT molecular complexity index is 912. The number of rotatable bonds is 6. The van der Waals surface area contributed by atoms with E-state index in [4.69, 9.17) is 16.3 Å². The van der Waals surface area contributed by atoms with Gasteiger partial charge in [-0.2, -0.15) is 0 Å². The Morgan fingerprint density at radius 2 is 2.17 bits per heavy atom. The quantitative estimate of drug-likeness (QED) is 0.189. The van der Waals surface area contributed by atoms with Gasteiger partial charge in [0.1, 0.15) is 5.75 Å². The van der Waals surface area contributed by atoms with E-state index in [0.29, 0.717) is 17.5 Å².